The van der Waals surface area contributed by atoms with Crippen LogP contribution in [-0.4, -0.2) is 32.8 Å². The van der Waals surface area contributed by atoms with Crippen molar-refractivity contribution >= 4 is 51.5 Å². The van der Waals surface area contributed by atoms with Crippen LogP contribution >= 0.6 is 43.2 Å². The molecule has 0 aliphatic carbocycles. The number of nitrogens with zero attached hydrogens (tertiary/aromatic N) is 1. The van der Waals surface area contributed by atoms with Gasteiger partial charge in [-0.1, -0.05) is 20.8 Å². The van der Waals surface area contributed by atoms with E-state index in [4.69, 9.17) is 13.9 Å². The van der Waals surface area contributed by atoms with E-state index in [0.717, 1.165) is 45.7 Å². The Labute approximate surface area is 173 Å². The van der Waals surface area contributed by atoms with Gasteiger partial charge in [0.1, 0.15) is 4.60 Å². The quantitative estimate of drug-likeness (QED) is 0.381. The third kappa shape index (κ3) is 6.36. The number of hydrogen-bond acceptors (Lipinski definition) is 5. The molecule has 0 amide bonds. The van der Waals surface area contributed by atoms with Gasteiger partial charge in [-0.3, -0.25) is 0 Å². The molecule has 4 nitrogen and oxygen atoms in total. The first-order valence-electron chi connectivity index (χ1n) is 8.83. The first-order valence-corrected chi connectivity index (χ1v) is 14.1. The molecule has 0 spiro atoms. The van der Waals surface area contributed by atoms with E-state index in [-0.39, 0.29) is 17.4 Å². The van der Waals surface area contributed by atoms with Gasteiger partial charge in [0.2, 0.25) is 0 Å². The molecule has 2 heterocycles. The summed E-state index contributed by atoms with van der Waals surface area (Å²) in [6, 6.07) is 0. The van der Waals surface area contributed by atoms with Gasteiger partial charge in [0, 0.05) is 19.6 Å². The highest BCUT2D eigenvalue weighted by atomic mass is 79.9. The van der Waals surface area contributed by atoms with Gasteiger partial charge in [-0.15, -0.1) is 11.3 Å². The molecule has 1 aliphatic rings. The number of halogens is 2. The van der Waals surface area contributed by atoms with Crippen LogP contribution in [0.4, 0.5) is 0 Å². The predicted octanol–water partition coefficient (Wildman–Crippen LogP) is 6.66. The molecule has 1 aromatic heterocycles. The van der Waals surface area contributed by atoms with Crippen LogP contribution in [-0.2, 0) is 13.9 Å². The van der Waals surface area contributed by atoms with Crippen molar-refractivity contribution in [2.75, 3.05) is 13.2 Å². The van der Waals surface area contributed by atoms with Crippen LogP contribution in [0.15, 0.2) is 8.52 Å². The molecule has 1 saturated heterocycles. The average molecular weight is 515 g/mol. The molecule has 0 bridgehead atoms. The van der Waals surface area contributed by atoms with Gasteiger partial charge >= 0.3 is 0 Å². The van der Waals surface area contributed by atoms with Crippen molar-refractivity contribution in [3.05, 3.63) is 13.4 Å². The van der Waals surface area contributed by atoms with E-state index in [2.05, 4.69) is 70.7 Å². The van der Waals surface area contributed by atoms with Crippen molar-refractivity contribution in [1.82, 2.24) is 4.98 Å². The molecule has 2 unspecified atom stereocenters. The summed E-state index contributed by atoms with van der Waals surface area (Å²) in [6.07, 6.45) is 3.85. The van der Waals surface area contributed by atoms with Gasteiger partial charge in [-0.05, 0) is 69.3 Å². The van der Waals surface area contributed by atoms with Crippen molar-refractivity contribution in [3.8, 4) is 0 Å². The molecule has 0 N–H and O–H groups in total. The van der Waals surface area contributed by atoms with Crippen LogP contribution in [0.5, 0.6) is 0 Å². The summed E-state index contributed by atoms with van der Waals surface area (Å²) in [5, 5.41) is 0.212. The maximum Gasteiger partial charge on any atom is 0.191 e. The van der Waals surface area contributed by atoms with Crippen LogP contribution in [0, 0.1) is 0 Å². The minimum atomic E-state index is -1.75. The predicted molar refractivity (Wildman–Crippen MR) is 113 cm³/mol. The van der Waals surface area contributed by atoms with Crippen molar-refractivity contribution in [3.63, 3.8) is 0 Å². The highest BCUT2D eigenvalue weighted by molar-refractivity contribution is 9.11. The number of ether oxygens (including phenoxy) is 2. The lowest BCUT2D eigenvalue weighted by atomic mass is 10.2. The molecule has 1 fully saturated rings. The summed E-state index contributed by atoms with van der Waals surface area (Å²) in [5.74, 6) is 0. The van der Waals surface area contributed by atoms with Crippen LogP contribution in [0.1, 0.15) is 57.4 Å². The summed E-state index contributed by atoms with van der Waals surface area (Å²) in [7, 11) is -1.75. The molecule has 0 saturated carbocycles. The van der Waals surface area contributed by atoms with Gasteiger partial charge in [0.15, 0.2) is 18.5 Å². The van der Waals surface area contributed by atoms with Crippen LogP contribution < -0.4 is 0 Å². The van der Waals surface area contributed by atoms with E-state index in [1.54, 1.807) is 11.3 Å². The Morgan fingerprint density at radius 3 is 2.56 bits per heavy atom. The number of hydrogen-bond donors (Lipinski definition) is 0. The Hall–Kier alpha value is 0.687. The first kappa shape index (κ1) is 22.0. The van der Waals surface area contributed by atoms with E-state index < -0.39 is 8.32 Å². The Bertz CT molecular complexity index is 557. The van der Waals surface area contributed by atoms with Crippen molar-refractivity contribution in [2.24, 2.45) is 0 Å². The maximum atomic E-state index is 6.36. The minimum absolute atomic E-state index is 0.0638. The van der Waals surface area contributed by atoms with Gasteiger partial charge in [-0.2, -0.15) is 0 Å². The topological polar surface area (TPSA) is 40.6 Å². The van der Waals surface area contributed by atoms with Gasteiger partial charge in [0.25, 0.3) is 0 Å². The second-order valence-corrected chi connectivity index (χ2v) is 15.8. The third-order valence-corrected chi connectivity index (χ3v) is 12.0. The lowest BCUT2D eigenvalue weighted by Crippen LogP contribution is -2.41. The van der Waals surface area contributed by atoms with Crippen LogP contribution in [0.25, 0.3) is 0 Å². The van der Waals surface area contributed by atoms with Crippen molar-refractivity contribution in [1.29, 1.82) is 0 Å². The highest BCUT2D eigenvalue weighted by Gasteiger charge is 2.37. The lowest BCUT2D eigenvalue weighted by Gasteiger charge is -2.36. The van der Waals surface area contributed by atoms with E-state index in [1.807, 2.05) is 0 Å². The fraction of sp³-hybridized carbons (Fsp3) is 0.824. The minimum Gasteiger partial charge on any atom is -0.417 e. The monoisotopic (exact) mass is 513 g/mol. The molecule has 25 heavy (non-hydrogen) atoms. The second-order valence-electron chi connectivity index (χ2n) is 7.94. The zero-order chi connectivity index (χ0) is 18.7. The Kier molecular flexibility index (Phi) is 8.14. The molecule has 144 valence electrons. The van der Waals surface area contributed by atoms with E-state index >= 15 is 0 Å². The number of rotatable bonds is 7. The first-order chi connectivity index (χ1) is 11.6. The fourth-order valence-corrected chi connectivity index (χ4v) is 5.93. The van der Waals surface area contributed by atoms with Crippen LogP contribution in [0.3, 0.4) is 0 Å². The molecule has 1 aliphatic heterocycles. The molecular formula is C17H29Br2NO3SSi. The van der Waals surface area contributed by atoms with E-state index in [0.29, 0.717) is 6.61 Å². The summed E-state index contributed by atoms with van der Waals surface area (Å²) in [5.41, 5.74) is 0. The number of aromatic nitrogens is 1. The van der Waals surface area contributed by atoms with Gasteiger partial charge in [0.05, 0.1) is 11.0 Å². The average Bonchev–Trinajstić information content (AvgIpc) is 2.84. The van der Waals surface area contributed by atoms with Crippen molar-refractivity contribution < 1.29 is 13.9 Å². The van der Waals surface area contributed by atoms with E-state index in [9.17, 15) is 0 Å². The Morgan fingerprint density at radius 1 is 1.32 bits per heavy atom. The third-order valence-electron chi connectivity index (χ3n) is 4.98. The molecule has 2 rings (SSSR count). The summed E-state index contributed by atoms with van der Waals surface area (Å²) < 4.78 is 20.1. The molecule has 0 aromatic carbocycles. The normalized spacial score (nSPS) is 20.7. The van der Waals surface area contributed by atoms with E-state index in [1.165, 1.54) is 0 Å². The molecule has 8 heteroatoms. The molecule has 1 aromatic rings. The highest BCUT2D eigenvalue weighted by Crippen LogP contribution is 2.39. The smallest absolute Gasteiger partial charge is 0.191 e. The van der Waals surface area contributed by atoms with Gasteiger partial charge in [-0.25, -0.2) is 4.98 Å². The largest absolute Gasteiger partial charge is 0.417 e. The Balaban J connectivity index is 2.03. The van der Waals surface area contributed by atoms with Crippen molar-refractivity contribution in [2.45, 2.75) is 77.0 Å². The molecule has 2 atom stereocenters. The second kappa shape index (κ2) is 9.25. The SMILES string of the molecule is CC(C)(C)[Si](C)(C)OCCC(OC1CCCCO1)c1sc(Br)nc1Br. The summed E-state index contributed by atoms with van der Waals surface area (Å²) in [6.45, 7) is 12.8. The zero-order valence-corrected chi connectivity index (χ0v) is 20.7. The number of thiazole rings is 1. The summed E-state index contributed by atoms with van der Waals surface area (Å²) >= 11 is 8.64. The zero-order valence-electron chi connectivity index (χ0n) is 15.7. The summed E-state index contributed by atoms with van der Waals surface area (Å²) in [4.78, 5) is 5.52. The molecule has 0 radical (unpaired) electrons. The maximum absolute atomic E-state index is 6.36. The fourth-order valence-electron chi connectivity index (χ4n) is 2.39. The Morgan fingerprint density at radius 2 is 2.04 bits per heavy atom. The molecular weight excluding hydrogens is 486 g/mol. The standard InChI is InChI=1S/C17H29Br2NO3SSi/c1-17(2,3)25(4,5)22-11-9-12(14-15(18)20-16(19)24-14)23-13-8-6-7-10-21-13/h12-13H,6-11H2,1-5H3. The van der Waals surface area contributed by atoms with Crippen LogP contribution in [0.2, 0.25) is 18.1 Å². The van der Waals surface area contributed by atoms with Gasteiger partial charge < -0.3 is 13.9 Å². The lowest BCUT2D eigenvalue weighted by molar-refractivity contribution is -0.191.